The third kappa shape index (κ3) is 4.19. The van der Waals surface area contributed by atoms with Crippen molar-refractivity contribution >= 4 is 11.6 Å². The first-order valence-electron chi connectivity index (χ1n) is 5.83. The second kappa shape index (κ2) is 7.02. The predicted molar refractivity (Wildman–Crippen MR) is 69.1 cm³/mol. The first-order valence-corrected chi connectivity index (χ1v) is 6.21. The standard InChI is InChI=1S/C13H18ClF2NO/c1-18-9-13(16,6-3-7-17)8-10-4-2-5-11(14)12(10)15/h2,4-5H,3,6-9,17H2,1H3. The minimum atomic E-state index is -1.61. The second-order valence-electron chi connectivity index (χ2n) is 4.37. The van der Waals surface area contributed by atoms with Crippen LogP contribution in [0.15, 0.2) is 18.2 Å². The molecule has 1 aromatic carbocycles. The molecule has 0 fully saturated rings. The van der Waals surface area contributed by atoms with Gasteiger partial charge in [-0.05, 0) is 31.0 Å². The van der Waals surface area contributed by atoms with Crippen molar-refractivity contribution in [1.82, 2.24) is 0 Å². The summed E-state index contributed by atoms with van der Waals surface area (Å²) in [7, 11) is 1.42. The highest BCUT2D eigenvalue weighted by atomic mass is 35.5. The van der Waals surface area contributed by atoms with Gasteiger partial charge in [-0.3, -0.25) is 0 Å². The fourth-order valence-electron chi connectivity index (χ4n) is 1.92. The third-order valence-electron chi connectivity index (χ3n) is 2.77. The summed E-state index contributed by atoms with van der Waals surface area (Å²) >= 11 is 5.68. The highest BCUT2D eigenvalue weighted by Gasteiger charge is 2.30. The summed E-state index contributed by atoms with van der Waals surface area (Å²) in [5, 5.41) is 0.00564. The largest absolute Gasteiger partial charge is 0.381 e. The Labute approximate surface area is 111 Å². The molecule has 0 aromatic heterocycles. The Bertz CT molecular complexity index is 389. The van der Waals surface area contributed by atoms with E-state index in [0.717, 1.165) is 0 Å². The van der Waals surface area contributed by atoms with Crippen molar-refractivity contribution in [3.05, 3.63) is 34.6 Å². The molecule has 0 aliphatic rings. The van der Waals surface area contributed by atoms with Crippen LogP contribution >= 0.6 is 11.6 Å². The van der Waals surface area contributed by atoms with Crippen LogP contribution in [0.4, 0.5) is 8.78 Å². The van der Waals surface area contributed by atoms with Gasteiger partial charge in [-0.1, -0.05) is 23.7 Å². The summed E-state index contributed by atoms with van der Waals surface area (Å²) in [5.41, 5.74) is 4.03. The predicted octanol–water partition coefficient (Wildman–Crippen LogP) is 3.12. The van der Waals surface area contributed by atoms with Crippen molar-refractivity contribution in [3.63, 3.8) is 0 Å². The van der Waals surface area contributed by atoms with Crippen molar-refractivity contribution in [1.29, 1.82) is 0 Å². The van der Waals surface area contributed by atoms with Gasteiger partial charge in [0.25, 0.3) is 0 Å². The van der Waals surface area contributed by atoms with E-state index in [0.29, 0.717) is 13.0 Å². The molecular formula is C13H18ClF2NO. The third-order valence-corrected chi connectivity index (χ3v) is 3.06. The molecule has 1 unspecified atom stereocenters. The lowest BCUT2D eigenvalue weighted by Crippen LogP contribution is -2.33. The minimum Gasteiger partial charge on any atom is -0.381 e. The van der Waals surface area contributed by atoms with E-state index in [2.05, 4.69) is 0 Å². The number of methoxy groups -OCH3 is 1. The lowest BCUT2D eigenvalue weighted by atomic mass is 9.92. The number of ether oxygens (including phenoxy) is 1. The molecule has 1 rings (SSSR count). The van der Waals surface area contributed by atoms with Crippen LogP contribution in [0.25, 0.3) is 0 Å². The monoisotopic (exact) mass is 277 g/mol. The van der Waals surface area contributed by atoms with Gasteiger partial charge >= 0.3 is 0 Å². The molecule has 5 heteroatoms. The normalized spacial score (nSPS) is 14.5. The molecule has 0 amide bonds. The molecule has 1 atom stereocenters. The molecule has 0 heterocycles. The van der Waals surface area contributed by atoms with E-state index < -0.39 is 11.5 Å². The number of halogens is 3. The Morgan fingerprint density at radius 3 is 2.78 bits per heavy atom. The molecular weight excluding hydrogens is 260 g/mol. The maximum absolute atomic E-state index is 14.6. The van der Waals surface area contributed by atoms with Crippen molar-refractivity contribution in [2.75, 3.05) is 20.3 Å². The minimum absolute atomic E-state index is 0.00564. The summed E-state index contributed by atoms with van der Waals surface area (Å²) < 4.78 is 33.2. The highest BCUT2D eigenvalue weighted by Crippen LogP contribution is 2.27. The number of hydrogen-bond acceptors (Lipinski definition) is 2. The molecule has 0 radical (unpaired) electrons. The summed E-state index contributed by atoms with van der Waals surface area (Å²) in [4.78, 5) is 0. The van der Waals surface area contributed by atoms with Crippen LogP contribution in [0.5, 0.6) is 0 Å². The topological polar surface area (TPSA) is 35.2 Å². The van der Waals surface area contributed by atoms with Crippen LogP contribution < -0.4 is 5.73 Å². The molecule has 102 valence electrons. The maximum atomic E-state index is 14.6. The Morgan fingerprint density at radius 1 is 1.44 bits per heavy atom. The lowest BCUT2D eigenvalue weighted by molar-refractivity contribution is 0.0328. The van der Waals surface area contributed by atoms with Gasteiger partial charge in [0.15, 0.2) is 0 Å². The molecule has 0 aliphatic carbocycles. The molecule has 2 N–H and O–H groups in total. The smallest absolute Gasteiger partial charge is 0.145 e. The van der Waals surface area contributed by atoms with E-state index in [1.54, 1.807) is 6.07 Å². The van der Waals surface area contributed by atoms with Crippen molar-refractivity contribution in [2.24, 2.45) is 5.73 Å². The molecule has 0 saturated heterocycles. The maximum Gasteiger partial charge on any atom is 0.145 e. The van der Waals surface area contributed by atoms with Crippen LogP contribution in [-0.4, -0.2) is 25.9 Å². The molecule has 1 aromatic rings. The van der Waals surface area contributed by atoms with E-state index in [4.69, 9.17) is 22.1 Å². The molecule has 0 saturated carbocycles. The van der Waals surface area contributed by atoms with Gasteiger partial charge in [0.1, 0.15) is 11.5 Å². The molecule has 0 spiro atoms. The van der Waals surface area contributed by atoms with E-state index in [-0.39, 0.29) is 30.0 Å². The number of alkyl halides is 1. The fraction of sp³-hybridized carbons (Fsp3) is 0.538. The quantitative estimate of drug-likeness (QED) is 0.831. The van der Waals surface area contributed by atoms with Gasteiger partial charge < -0.3 is 10.5 Å². The van der Waals surface area contributed by atoms with Crippen LogP contribution in [0, 0.1) is 5.82 Å². The van der Waals surface area contributed by atoms with Crippen molar-refractivity contribution in [3.8, 4) is 0 Å². The van der Waals surface area contributed by atoms with Crippen molar-refractivity contribution in [2.45, 2.75) is 24.9 Å². The number of rotatable bonds is 7. The van der Waals surface area contributed by atoms with E-state index >= 15 is 0 Å². The molecule has 0 aliphatic heterocycles. The van der Waals surface area contributed by atoms with Gasteiger partial charge in [0.2, 0.25) is 0 Å². The van der Waals surface area contributed by atoms with E-state index in [9.17, 15) is 8.78 Å². The van der Waals surface area contributed by atoms with E-state index in [1.807, 2.05) is 0 Å². The Kier molecular flexibility index (Phi) is 5.99. The second-order valence-corrected chi connectivity index (χ2v) is 4.77. The summed E-state index contributed by atoms with van der Waals surface area (Å²) in [6, 6.07) is 4.58. The molecule has 0 bridgehead atoms. The Balaban J connectivity index is 2.85. The average Bonchev–Trinajstić information content (AvgIpc) is 2.33. The first kappa shape index (κ1) is 15.3. The lowest BCUT2D eigenvalue weighted by Gasteiger charge is -2.24. The fourth-order valence-corrected chi connectivity index (χ4v) is 2.11. The van der Waals surface area contributed by atoms with Gasteiger partial charge in [0, 0.05) is 13.5 Å². The van der Waals surface area contributed by atoms with Crippen LogP contribution in [-0.2, 0) is 11.2 Å². The van der Waals surface area contributed by atoms with Gasteiger partial charge in [-0.25, -0.2) is 8.78 Å². The van der Waals surface area contributed by atoms with Crippen LogP contribution in [0.1, 0.15) is 18.4 Å². The highest BCUT2D eigenvalue weighted by molar-refractivity contribution is 6.30. The zero-order valence-corrected chi connectivity index (χ0v) is 11.1. The zero-order valence-electron chi connectivity index (χ0n) is 10.4. The van der Waals surface area contributed by atoms with Crippen molar-refractivity contribution < 1.29 is 13.5 Å². The number of nitrogens with two attached hydrogens (primary N) is 1. The first-order chi connectivity index (χ1) is 8.52. The van der Waals surface area contributed by atoms with Crippen LogP contribution in [0.3, 0.4) is 0 Å². The van der Waals surface area contributed by atoms with Gasteiger partial charge in [0.05, 0.1) is 11.6 Å². The van der Waals surface area contributed by atoms with Crippen LogP contribution in [0.2, 0.25) is 5.02 Å². The number of hydrogen-bond donors (Lipinski definition) is 1. The zero-order chi connectivity index (χ0) is 13.6. The Hall–Kier alpha value is -0.710. The average molecular weight is 278 g/mol. The SMILES string of the molecule is COCC(F)(CCCN)Cc1cccc(Cl)c1F. The van der Waals surface area contributed by atoms with E-state index in [1.165, 1.54) is 19.2 Å². The number of benzene rings is 1. The van der Waals surface area contributed by atoms with Gasteiger partial charge in [-0.2, -0.15) is 0 Å². The van der Waals surface area contributed by atoms with Gasteiger partial charge in [-0.15, -0.1) is 0 Å². The summed E-state index contributed by atoms with van der Waals surface area (Å²) in [6.45, 7) is 0.312. The Morgan fingerprint density at radius 2 is 2.17 bits per heavy atom. The molecule has 2 nitrogen and oxygen atoms in total. The molecule has 18 heavy (non-hydrogen) atoms. The summed E-state index contributed by atoms with van der Waals surface area (Å²) in [5.74, 6) is -0.565. The summed E-state index contributed by atoms with van der Waals surface area (Å²) in [6.07, 6.45) is 0.707.